The van der Waals surface area contributed by atoms with Crippen LogP contribution in [0.2, 0.25) is 0 Å². The first kappa shape index (κ1) is 23.7. The minimum atomic E-state index is -0.769. The zero-order valence-corrected chi connectivity index (χ0v) is 20.5. The minimum absolute atomic E-state index is 0.0518. The molecule has 0 unspecified atom stereocenters. The fraction of sp³-hybridized carbons (Fsp3) is 0.444. The second-order valence-electron chi connectivity index (χ2n) is 9.81. The molecule has 0 radical (unpaired) electrons. The number of amides is 2. The predicted octanol–water partition coefficient (Wildman–Crippen LogP) is 4.02. The molecule has 5 rings (SSSR count). The molecule has 2 amide bonds. The van der Waals surface area contributed by atoms with Gasteiger partial charge in [0.1, 0.15) is 12.6 Å². The maximum Gasteiger partial charge on any atom is 0.407 e. The van der Waals surface area contributed by atoms with Crippen LogP contribution in [0.25, 0.3) is 11.1 Å². The number of ether oxygens (including phenoxy) is 1. The first-order valence-corrected chi connectivity index (χ1v) is 13.5. The van der Waals surface area contributed by atoms with Crippen LogP contribution in [0.1, 0.15) is 42.7 Å². The average molecular weight is 495 g/mol. The van der Waals surface area contributed by atoms with Crippen LogP contribution in [0.4, 0.5) is 4.79 Å². The number of carboxylic acid groups (broad SMARTS) is 1. The van der Waals surface area contributed by atoms with E-state index in [0.717, 1.165) is 22.3 Å². The molecule has 3 aliphatic carbocycles. The van der Waals surface area contributed by atoms with Crippen molar-refractivity contribution in [3.8, 4) is 11.1 Å². The molecule has 0 saturated heterocycles. The lowest BCUT2D eigenvalue weighted by molar-refractivity contribution is -0.143. The third-order valence-electron chi connectivity index (χ3n) is 7.75. The van der Waals surface area contributed by atoms with Crippen LogP contribution >= 0.6 is 11.8 Å². The molecular weight excluding hydrogens is 464 g/mol. The van der Waals surface area contributed by atoms with Crippen LogP contribution in [0, 0.1) is 11.3 Å². The first-order chi connectivity index (χ1) is 16.9. The van der Waals surface area contributed by atoms with Gasteiger partial charge in [-0.15, -0.1) is 0 Å². The highest BCUT2D eigenvalue weighted by molar-refractivity contribution is 7.98. The molecule has 0 heterocycles. The molecule has 2 aromatic carbocycles. The quantitative estimate of drug-likeness (QED) is 0.487. The number of benzene rings is 2. The molecular formula is C27H30N2O5S. The van der Waals surface area contributed by atoms with E-state index in [4.69, 9.17) is 4.74 Å². The standard InChI is InChI=1S/C27H30N2O5S/c1-35-11-10-23(24(30)28-17-12-16-13-27(16,14-17)25(31)32)29-26(33)34-15-22-20-8-4-2-6-18(20)19-7-3-5-9-21(19)22/h2-9,16-17,22-23H,10-15H2,1H3,(H,28,30)(H,29,33)(H,31,32)/t16-,17+,23-,27+/m0/s1. The molecule has 4 atom stereocenters. The highest BCUT2D eigenvalue weighted by Crippen LogP contribution is 2.63. The second kappa shape index (κ2) is 9.57. The summed E-state index contributed by atoms with van der Waals surface area (Å²) in [5, 5.41) is 15.2. The van der Waals surface area contributed by atoms with Crippen LogP contribution in [0.5, 0.6) is 0 Å². The molecule has 7 nitrogen and oxygen atoms in total. The highest BCUT2D eigenvalue weighted by atomic mass is 32.2. The summed E-state index contributed by atoms with van der Waals surface area (Å²) >= 11 is 1.60. The number of hydrogen-bond donors (Lipinski definition) is 3. The van der Waals surface area contributed by atoms with Gasteiger partial charge in [-0.25, -0.2) is 4.79 Å². The van der Waals surface area contributed by atoms with Crippen molar-refractivity contribution in [3.63, 3.8) is 0 Å². The van der Waals surface area contributed by atoms with E-state index in [2.05, 4.69) is 34.9 Å². The van der Waals surface area contributed by atoms with Crippen molar-refractivity contribution >= 4 is 29.7 Å². The van der Waals surface area contributed by atoms with Crippen LogP contribution < -0.4 is 10.6 Å². The number of nitrogens with one attached hydrogen (secondary N) is 2. The molecule has 184 valence electrons. The van der Waals surface area contributed by atoms with E-state index in [1.807, 2.05) is 30.5 Å². The molecule has 2 saturated carbocycles. The van der Waals surface area contributed by atoms with E-state index in [1.165, 1.54) is 0 Å². The van der Waals surface area contributed by atoms with Gasteiger partial charge in [-0.2, -0.15) is 11.8 Å². The minimum Gasteiger partial charge on any atom is -0.481 e. The second-order valence-corrected chi connectivity index (χ2v) is 10.8. The van der Waals surface area contributed by atoms with E-state index in [9.17, 15) is 19.5 Å². The maximum absolute atomic E-state index is 13.0. The Bertz CT molecular complexity index is 1110. The summed E-state index contributed by atoms with van der Waals surface area (Å²) in [4.78, 5) is 37.3. The summed E-state index contributed by atoms with van der Waals surface area (Å²) in [6.45, 7) is 0.183. The van der Waals surface area contributed by atoms with E-state index in [0.29, 0.717) is 31.4 Å². The van der Waals surface area contributed by atoms with Gasteiger partial charge in [-0.1, -0.05) is 48.5 Å². The number of aliphatic carboxylic acids is 1. The van der Waals surface area contributed by atoms with Gasteiger partial charge in [0.15, 0.2) is 0 Å². The van der Waals surface area contributed by atoms with Gasteiger partial charge in [0.2, 0.25) is 5.91 Å². The monoisotopic (exact) mass is 494 g/mol. The molecule has 2 fully saturated rings. The van der Waals surface area contributed by atoms with Gasteiger partial charge in [0.05, 0.1) is 5.41 Å². The van der Waals surface area contributed by atoms with Crippen LogP contribution in [0.3, 0.4) is 0 Å². The molecule has 0 aromatic heterocycles. The number of thioether (sulfide) groups is 1. The summed E-state index contributed by atoms with van der Waals surface area (Å²) in [6, 6.07) is 15.4. The largest absolute Gasteiger partial charge is 0.481 e. The van der Waals surface area contributed by atoms with Crippen molar-refractivity contribution in [2.24, 2.45) is 11.3 Å². The summed E-state index contributed by atoms with van der Waals surface area (Å²) in [6.07, 6.45) is 3.63. The van der Waals surface area contributed by atoms with Crippen molar-refractivity contribution in [1.82, 2.24) is 10.6 Å². The van der Waals surface area contributed by atoms with Gasteiger partial charge in [-0.3, -0.25) is 9.59 Å². The third-order valence-corrected chi connectivity index (χ3v) is 8.39. The molecule has 2 aromatic rings. The lowest BCUT2D eigenvalue weighted by Crippen LogP contribution is -2.50. The van der Waals surface area contributed by atoms with Gasteiger partial charge < -0.3 is 20.5 Å². The van der Waals surface area contributed by atoms with Gasteiger partial charge in [0, 0.05) is 12.0 Å². The Morgan fingerprint density at radius 3 is 2.34 bits per heavy atom. The Kier molecular flexibility index (Phi) is 6.49. The summed E-state index contributed by atoms with van der Waals surface area (Å²) < 4.78 is 5.63. The third kappa shape index (κ3) is 4.51. The number of carboxylic acids is 1. The van der Waals surface area contributed by atoms with E-state index >= 15 is 0 Å². The molecule has 0 aliphatic heterocycles. The van der Waals surface area contributed by atoms with Crippen molar-refractivity contribution in [2.75, 3.05) is 18.6 Å². The average Bonchev–Trinajstić information content (AvgIpc) is 3.28. The predicted molar refractivity (Wildman–Crippen MR) is 134 cm³/mol. The Balaban J connectivity index is 1.19. The zero-order chi connectivity index (χ0) is 24.6. The summed E-state index contributed by atoms with van der Waals surface area (Å²) in [5.41, 5.74) is 3.91. The number of rotatable bonds is 9. The molecule has 3 N–H and O–H groups in total. The highest BCUT2D eigenvalue weighted by Gasteiger charge is 2.65. The smallest absolute Gasteiger partial charge is 0.407 e. The summed E-state index contributed by atoms with van der Waals surface area (Å²) in [5.74, 6) is -0.253. The normalized spacial score (nSPS) is 24.6. The fourth-order valence-corrected chi connectivity index (χ4v) is 6.33. The molecule has 0 spiro atoms. The van der Waals surface area contributed by atoms with Crippen molar-refractivity contribution in [3.05, 3.63) is 59.7 Å². The van der Waals surface area contributed by atoms with Crippen molar-refractivity contribution in [1.29, 1.82) is 0 Å². The zero-order valence-electron chi connectivity index (χ0n) is 19.7. The van der Waals surface area contributed by atoms with Gasteiger partial charge in [0.25, 0.3) is 0 Å². The fourth-order valence-electron chi connectivity index (χ4n) is 5.85. The van der Waals surface area contributed by atoms with Crippen molar-refractivity contribution in [2.45, 2.75) is 43.7 Å². The Morgan fingerprint density at radius 1 is 1.09 bits per heavy atom. The molecule has 0 bridgehead atoms. The Morgan fingerprint density at radius 2 is 1.74 bits per heavy atom. The molecule has 8 heteroatoms. The van der Waals surface area contributed by atoms with Crippen LogP contribution in [-0.4, -0.2) is 53.8 Å². The lowest BCUT2D eigenvalue weighted by Gasteiger charge is -2.22. The molecule has 3 aliphatic rings. The topological polar surface area (TPSA) is 105 Å². The number of alkyl carbamates (subject to hydrolysis) is 1. The van der Waals surface area contributed by atoms with Gasteiger partial charge >= 0.3 is 12.1 Å². The van der Waals surface area contributed by atoms with Gasteiger partial charge in [-0.05, 0) is 65.9 Å². The Labute approximate surface area is 209 Å². The lowest BCUT2D eigenvalue weighted by atomic mass is 9.98. The van der Waals surface area contributed by atoms with E-state index in [1.54, 1.807) is 11.8 Å². The first-order valence-electron chi connectivity index (χ1n) is 12.1. The number of fused-ring (bicyclic) bond motifs is 4. The number of carbonyl (C=O) groups excluding carboxylic acids is 2. The SMILES string of the molecule is CSCC[C@H](NC(=O)OCC1c2ccccc2-c2ccccc21)C(=O)N[C@@H]1C[C@H]2C[C@@]2(C(=O)O)C1. The van der Waals surface area contributed by atoms with E-state index in [-0.39, 0.29) is 30.4 Å². The van der Waals surface area contributed by atoms with Crippen LogP contribution in [0.15, 0.2) is 48.5 Å². The van der Waals surface area contributed by atoms with Crippen LogP contribution in [-0.2, 0) is 14.3 Å². The van der Waals surface area contributed by atoms with Crippen molar-refractivity contribution < 1.29 is 24.2 Å². The van der Waals surface area contributed by atoms with E-state index < -0.39 is 23.5 Å². The molecule has 35 heavy (non-hydrogen) atoms. The summed E-state index contributed by atoms with van der Waals surface area (Å²) in [7, 11) is 0. The number of carbonyl (C=O) groups is 3. The number of hydrogen-bond acceptors (Lipinski definition) is 5. The maximum atomic E-state index is 13.0. The Hall–Kier alpha value is -3.00.